The molecular formula is C32H29NO5. The van der Waals surface area contributed by atoms with Gasteiger partial charge < -0.3 is 20.2 Å². The second-order valence-electron chi connectivity index (χ2n) is 9.56. The summed E-state index contributed by atoms with van der Waals surface area (Å²) in [6.07, 6.45) is -2.39. The molecule has 0 bridgehead atoms. The number of carbonyl (C=O) groups is 2. The number of benzene rings is 4. The van der Waals surface area contributed by atoms with Crippen molar-refractivity contribution in [2.75, 3.05) is 0 Å². The monoisotopic (exact) mass is 507 g/mol. The van der Waals surface area contributed by atoms with Crippen molar-refractivity contribution in [2.45, 2.75) is 37.1 Å². The zero-order chi connectivity index (χ0) is 26.6. The molecule has 3 unspecified atom stereocenters. The van der Waals surface area contributed by atoms with Crippen LogP contribution in [-0.4, -0.2) is 38.1 Å². The maximum atomic E-state index is 14.1. The number of aliphatic hydroxyl groups is 2. The molecule has 0 radical (unpaired) electrons. The predicted molar refractivity (Wildman–Crippen MR) is 143 cm³/mol. The highest BCUT2D eigenvalue weighted by Crippen LogP contribution is 2.37. The molecule has 3 atom stereocenters. The summed E-state index contributed by atoms with van der Waals surface area (Å²) >= 11 is 0. The summed E-state index contributed by atoms with van der Waals surface area (Å²) in [5, 5.41) is 32.2. The summed E-state index contributed by atoms with van der Waals surface area (Å²) in [4.78, 5) is 28.0. The van der Waals surface area contributed by atoms with Gasteiger partial charge in [0.05, 0.1) is 5.92 Å². The van der Waals surface area contributed by atoms with Gasteiger partial charge in [-0.25, -0.2) is 4.79 Å². The van der Waals surface area contributed by atoms with Crippen molar-refractivity contribution < 1.29 is 24.9 Å². The van der Waals surface area contributed by atoms with Gasteiger partial charge in [-0.05, 0) is 33.4 Å². The number of amides is 1. The van der Waals surface area contributed by atoms with Crippen molar-refractivity contribution in [3.8, 4) is 0 Å². The lowest BCUT2D eigenvalue weighted by Crippen LogP contribution is -2.50. The Morgan fingerprint density at radius 3 is 1.74 bits per heavy atom. The molecule has 0 saturated carbocycles. The molecule has 6 heteroatoms. The Morgan fingerprint density at radius 2 is 1.21 bits per heavy atom. The van der Waals surface area contributed by atoms with Crippen LogP contribution in [0.2, 0.25) is 0 Å². The highest BCUT2D eigenvalue weighted by Gasteiger charge is 2.40. The second-order valence-corrected chi connectivity index (χ2v) is 9.56. The molecule has 38 heavy (non-hydrogen) atoms. The van der Waals surface area contributed by atoms with Gasteiger partial charge in [-0.2, -0.15) is 0 Å². The van der Waals surface area contributed by atoms with Crippen molar-refractivity contribution in [3.63, 3.8) is 0 Å². The van der Waals surface area contributed by atoms with Gasteiger partial charge in [0.2, 0.25) is 5.91 Å². The second kappa shape index (κ2) is 11.0. The lowest BCUT2D eigenvalue weighted by Gasteiger charge is -2.38. The lowest BCUT2D eigenvalue weighted by molar-refractivity contribution is -0.151. The van der Waals surface area contributed by atoms with E-state index < -0.39 is 30.1 Å². The van der Waals surface area contributed by atoms with Gasteiger partial charge in [0.1, 0.15) is 18.2 Å². The molecule has 1 aliphatic rings. The van der Waals surface area contributed by atoms with Gasteiger partial charge in [-0.1, -0.05) is 109 Å². The van der Waals surface area contributed by atoms with E-state index in [2.05, 4.69) is 0 Å². The summed E-state index contributed by atoms with van der Waals surface area (Å²) in [6, 6.07) is 31.8. The van der Waals surface area contributed by atoms with Crippen LogP contribution in [0, 0.1) is 0 Å². The van der Waals surface area contributed by atoms with E-state index in [1.54, 1.807) is 36.4 Å². The zero-order valence-electron chi connectivity index (χ0n) is 20.7. The standard InChI is InChI=1S/C32H29NO5/c34-29(23-15-8-3-9-16-23)30(35)25-18-10-17-24-20-33(27(32(37)38)19-26(24)25)31(36)28(21-11-4-1-5-12-21)22-13-6-2-7-14-22/h1-18,27-30,34-35H,19-20H2,(H,37,38). The smallest absolute Gasteiger partial charge is 0.326 e. The summed E-state index contributed by atoms with van der Waals surface area (Å²) in [6.45, 7) is 0.0866. The SMILES string of the molecule is O=C(O)C1Cc2c(cccc2C(O)C(O)c2ccccc2)CN1C(=O)C(c1ccccc1)c1ccccc1. The van der Waals surface area contributed by atoms with Crippen LogP contribution < -0.4 is 0 Å². The number of rotatable bonds is 7. The van der Waals surface area contributed by atoms with Gasteiger partial charge in [0.15, 0.2) is 0 Å². The molecule has 0 aliphatic carbocycles. The Labute approximate surface area is 221 Å². The summed E-state index contributed by atoms with van der Waals surface area (Å²) < 4.78 is 0. The van der Waals surface area contributed by atoms with E-state index >= 15 is 0 Å². The first-order valence-corrected chi connectivity index (χ1v) is 12.6. The topological polar surface area (TPSA) is 98.1 Å². The Bertz CT molecular complexity index is 1370. The zero-order valence-corrected chi connectivity index (χ0v) is 20.7. The minimum atomic E-state index is -1.24. The molecule has 1 amide bonds. The number of hydrogen-bond donors (Lipinski definition) is 3. The number of hydrogen-bond acceptors (Lipinski definition) is 4. The molecular weight excluding hydrogens is 478 g/mol. The molecule has 0 fully saturated rings. The van der Waals surface area contributed by atoms with Gasteiger partial charge in [0.25, 0.3) is 0 Å². The maximum absolute atomic E-state index is 14.1. The number of carbonyl (C=O) groups excluding carboxylic acids is 1. The van der Waals surface area contributed by atoms with Crippen LogP contribution in [0.3, 0.4) is 0 Å². The van der Waals surface area contributed by atoms with Crippen LogP contribution in [0.1, 0.15) is 51.5 Å². The van der Waals surface area contributed by atoms with Gasteiger partial charge in [-0.15, -0.1) is 0 Å². The third-order valence-corrected chi connectivity index (χ3v) is 7.26. The molecule has 1 heterocycles. The van der Waals surface area contributed by atoms with E-state index in [-0.39, 0.29) is 18.9 Å². The molecule has 5 rings (SSSR count). The lowest BCUT2D eigenvalue weighted by atomic mass is 9.84. The first kappa shape index (κ1) is 25.4. The third-order valence-electron chi connectivity index (χ3n) is 7.26. The molecule has 0 saturated heterocycles. The van der Waals surface area contributed by atoms with Crippen molar-refractivity contribution >= 4 is 11.9 Å². The molecule has 192 valence electrons. The van der Waals surface area contributed by atoms with E-state index in [1.165, 1.54) is 4.90 Å². The van der Waals surface area contributed by atoms with Crippen molar-refractivity contribution in [3.05, 3.63) is 143 Å². The largest absolute Gasteiger partial charge is 0.480 e. The van der Waals surface area contributed by atoms with Gasteiger partial charge in [-0.3, -0.25) is 4.79 Å². The maximum Gasteiger partial charge on any atom is 0.326 e. The van der Waals surface area contributed by atoms with Crippen molar-refractivity contribution in [2.24, 2.45) is 0 Å². The Hall–Kier alpha value is -4.26. The minimum absolute atomic E-state index is 0.0292. The van der Waals surface area contributed by atoms with Crippen LogP contribution in [-0.2, 0) is 22.6 Å². The minimum Gasteiger partial charge on any atom is -0.480 e. The predicted octanol–water partition coefficient (Wildman–Crippen LogP) is 4.62. The summed E-state index contributed by atoms with van der Waals surface area (Å²) in [5.41, 5.74) is 4.02. The summed E-state index contributed by atoms with van der Waals surface area (Å²) in [5.74, 6) is -2.07. The van der Waals surface area contributed by atoms with Crippen molar-refractivity contribution in [1.82, 2.24) is 4.90 Å². The Balaban J connectivity index is 1.52. The van der Waals surface area contributed by atoms with E-state index in [4.69, 9.17) is 0 Å². The van der Waals surface area contributed by atoms with Crippen LogP contribution in [0.15, 0.2) is 109 Å². The third kappa shape index (κ3) is 4.96. The quantitative estimate of drug-likeness (QED) is 0.339. The fraction of sp³-hybridized carbons (Fsp3) is 0.188. The van der Waals surface area contributed by atoms with E-state index in [0.29, 0.717) is 16.7 Å². The van der Waals surface area contributed by atoms with E-state index in [0.717, 1.165) is 16.7 Å². The van der Waals surface area contributed by atoms with Gasteiger partial charge >= 0.3 is 5.97 Å². The van der Waals surface area contributed by atoms with E-state index in [1.807, 2.05) is 72.8 Å². The molecule has 6 nitrogen and oxygen atoms in total. The molecule has 0 spiro atoms. The first-order valence-electron chi connectivity index (χ1n) is 12.6. The number of carboxylic acid groups (broad SMARTS) is 1. The number of nitrogens with zero attached hydrogens (tertiary/aromatic N) is 1. The molecule has 1 aliphatic heterocycles. The fourth-order valence-corrected chi connectivity index (χ4v) is 5.32. The average Bonchev–Trinajstić information content (AvgIpc) is 2.97. The summed E-state index contributed by atoms with van der Waals surface area (Å²) in [7, 11) is 0. The van der Waals surface area contributed by atoms with Crippen LogP contribution in [0.5, 0.6) is 0 Å². The van der Waals surface area contributed by atoms with Crippen LogP contribution in [0.4, 0.5) is 0 Å². The van der Waals surface area contributed by atoms with E-state index in [9.17, 15) is 24.9 Å². The normalized spacial score (nSPS) is 16.5. The van der Waals surface area contributed by atoms with Gasteiger partial charge in [0, 0.05) is 13.0 Å². The fourth-order valence-electron chi connectivity index (χ4n) is 5.32. The van der Waals surface area contributed by atoms with Crippen LogP contribution >= 0.6 is 0 Å². The Morgan fingerprint density at radius 1 is 0.684 bits per heavy atom. The highest BCUT2D eigenvalue weighted by atomic mass is 16.4. The number of aliphatic hydroxyl groups excluding tert-OH is 2. The molecule has 4 aromatic rings. The first-order chi connectivity index (χ1) is 18.5. The Kier molecular flexibility index (Phi) is 7.36. The van der Waals surface area contributed by atoms with Crippen LogP contribution in [0.25, 0.3) is 0 Å². The molecule has 3 N–H and O–H groups in total. The number of carboxylic acids is 1. The number of fused-ring (bicyclic) bond motifs is 1. The highest BCUT2D eigenvalue weighted by molar-refractivity contribution is 5.91. The molecule has 4 aromatic carbocycles. The van der Waals surface area contributed by atoms with Crippen molar-refractivity contribution in [1.29, 1.82) is 0 Å². The average molecular weight is 508 g/mol. The molecule has 0 aromatic heterocycles. The number of aliphatic carboxylic acids is 1.